The first-order chi connectivity index (χ1) is 20.5. The summed E-state index contributed by atoms with van der Waals surface area (Å²) < 4.78 is 13.9. The first kappa shape index (κ1) is 27.2. The van der Waals surface area contributed by atoms with E-state index in [1.165, 1.54) is 11.3 Å². The van der Waals surface area contributed by atoms with Crippen molar-refractivity contribution in [2.75, 3.05) is 19.7 Å². The van der Waals surface area contributed by atoms with Gasteiger partial charge in [0, 0.05) is 35.1 Å². The number of benzene rings is 1. The monoisotopic (exact) mass is 586 g/mol. The standard InChI is InChI=1S/C32H34N4O5S/c37-31(21-4-5-21)28-9-7-24(42-28)19-41-30-3-1-2-25(34-30)20-10-13-35(14-11-20)18-29-33-26-8-6-22(32(38)39)16-27(26)36(29)17-23-12-15-40-23/h1-3,6-9,16,20-21,23H,4-5,10-15,17-19H2,(H,38,39)/t23-/m0/s1. The fraction of sp³-hybridized carbons (Fsp3) is 0.438. The molecule has 3 fully saturated rings. The molecule has 218 valence electrons. The predicted molar refractivity (Wildman–Crippen MR) is 158 cm³/mol. The molecule has 42 heavy (non-hydrogen) atoms. The largest absolute Gasteiger partial charge is 0.478 e. The molecular weight excluding hydrogens is 552 g/mol. The van der Waals surface area contributed by atoms with Crippen LogP contribution in [0.5, 0.6) is 5.88 Å². The van der Waals surface area contributed by atoms with Gasteiger partial charge in [0.1, 0.15) is 12.4 Å². The molecule has 1 N–H and O–H groups in total. The van der Waals surface area contributed by atoms with Crippen LogP contribution in [-0.4, -0.2) is 62.1 Å². The van der Waals surface area contributed by atoms with Crippen molar-refractivity contribution in [3.8, 4) is 5.88 Å². The summed E-state index contributed by atoms with van der Waals surface area (Å²) >= 11 is 1.53. The number of pyridine rings is 1. The molecule has 0 amide bonds. The van der Waals surface area contributed by atoms with Crippen LogP contribution in [-0.2, 0) is 24.4 Å². The number of imidazole rings is 1. The lowest BCUT2D eigenvalue weighted by Crippen LogP contribution is -2.35. The van der Waals surface area contributed by atoms with E-state index in [-0.39, 0.29) is 23.4 Å². The Kier molecular flexibility index (Phi) is 7.52. The number of hydrogen-bond acceptors (Lipinski definition) is 8. The number of thiophene rings is 1. The molecule has 3 aliphatic rings. The molecule has 1 aliphatic carbocycles. The Morgan fingerprint density at radius 3 is 2.60 bits per heavy atom. The van der Waals surface area contributed by atoms with E-state index in [4.69, 9.17) is 19.4 Å². The van der Waals surface area contributed by atoms with Gasteiger partial charge in [-0.15, -0.1) is 11.3 Å². The number of nitrogens with zero attached hydrogens (tertiary/aromatic N) is 4. The topological polar surface area (TPSA) is 107 Å². The summed E-state index contributed by atoms with van der Waals surface area (Å²) in [5, 5.41) is 9.51. The molecule has 1 atom stereocenters. The van der Waals surface area contributed by atoms with Crippen LogP contribution in [0.1, 0.15) is 74.4 Å². The number of carbonyl (C=O) groups excluding carboxylic acids is 1. The molecule has 4 aromatic rings. The van der Waals surface area contributed by atoms with E-state index in [0.717, 1.165) is 84.1 Å². The highest BCUT2D eigenvalue weighted by atomic mass is 32.1. The summed E-state index contributed by atoms with van der Waals surface area (Å²) in [5.74, 6) is 1.50. The third-order valence-corrected chi connectivity index (χ3v) is 9.66. The van der Waals surface area contributed by atoms with Crippen LogP contribution in [0.2, 0.25) is 0 Å². The van der Waals surface area contributed by atoms with Gasteiger partial charge in [0.2, 0.25) is 5.88 Å². The number of hydrogen-bond donors (Lipinski definition) is 1. The van der Waals surface area contributed by atoms with Gasteiger partial charge in [-0.05, 0) is 81.6 Å². The number of likely N-dealkylation sites (tertiary alicyclic amines) is 1. The average molecular weight is 587 g/mol. The minimum absolute atomic E-state index is 0.146. The van der Waals surface area contributed by atoms with E-state index >= 15 is 0 Å². The Morgan fingerprint density at radius 1 is 1.02 bits per heavy atom. The number of ketones is 1. The van der Waals surface area contributed by atoms with Crippen molar-refractivity contribution in [2.24, 2.45) is 5.92 Å². The van der Waals surface area contributed by atoms with Gasteiger partial charge in [0.15, 0.2) is 5.78 Å². The highest BCUT2D eigenvalue weighted by Gasteiger charge is 2.31. The van der Waals surface area contributed by atoms with E-state index in [2.05, 4.69) is 15.5 Å². The Bertz CT molecular complexity index is 1610. The lowest BCUT2D eigenvalue weighted by Gasteiger charge is -2.32. The molecule has 7 rings (SSSR count). The van der Waals surface area contributed by atoms with Crippen molar-refractivity contribution in [1.82, 2.24) is 19.4 Å². The van der Waals surface area contributed by atoms with Gasteiger partial charge in [-0.1, -0.05) is 6.07 Å². The fourth-order valence-corrected chi connectivity index (χ4v) is 6.81. The van der Waals surface area contributed by atoms with Crippen LogP contribution in [0.3, 0.4) is 0 Å². The Morgan fingerprint density at radius 2 is 1.86 bits per heavy atom. The normalized spacial score (nSPS) is 19.6. The smallest absolute Gasteiger partial charge is 0.335 e. The van der Waals surface area contributed by atoms with Gasteiger partial charge in [0.25, 0.3) is 0 Å². The third kappa shape index (κ3) is 5.84. The number of rotatable bonds is 11. The van der Waals surface area contributed by atoms with Crippen molar-refractivity contribution >= 4 is 34.1 Å². The zero-order valence-corrected chi connectivity index (χ0v) is 24.2. The van der Waals surface area contributed by atoms with Gasteiger partial charge < -0.3 is 19.1 Å². The van der Waals surface area contributed by atoms with Gasteiger partial charge >= 0.3 is 5.97 Å². The molecule has 0 unspecified atom stereocenters. The molecule has 3 aromatic heterocycles. The van der Waals surface area contributed by atoms with E-state index in [1.54, 1.807) is 18.2 Å². The fourth-order valence-electron chi connectivity index (χ4n) is 5.87. The summed E-state index contributed by atoms with van der Waals surface area (Å²) in [4.78, 5) is 37.9. The number of Topliss-reactive ketones (excluding diaryl/α,β-unsaturated/α-hetero) is 1. The maximum atomic E-state index is 12.3. The van der Waals surface area contributed by atoms with Crippen LogP contribution < -0.4 is 4.74 Å². The Balaban J connectivity index is 0.979. The number of aromatic carboxylic acids is 1. The Labute approximate surface area is 248 Å². The second-order valence-electron chi connectivity index (χ2n) is 11.6. The quantitative estimate of drug-likeness (QED) is 0.229. The number of ether oxygens (including phenoxy) is 2. The summed E-state index contributed by atoms with van der Waals surface area (Å²) in [7, 11) is 0. The zero-order valence-electron chi connectivity index (χ0n) is 23.4. The lowest BCUT2D eigenvalue weighted by molar-refractivity contribution is -0.0592. The Hall–Kier alpha value is -3.60. The van der Waals surface area contributed by atoms with Crippen LogP contribution in [0, 0.1) is 5.92 Å². The van der Waals surface area contributed by atoms with E-state index in [1.807, 2.05) is 24.3 Å². The SMILES string of the molecule is O=C(O)c1ccc2nc(CN3CCC(c4cccc(OCc5ccc(C(=O)C6CC6)s5)n4)CC3)n(C[C@@H]3CCO3)c2c1. The summed E-state index contributed by atoms with van der Waals surface area (Å²) in [6.07, 6.45) is 5.17. The molecule has 5 heterocycles. The van der Waals surface area contributed by atoms with E-state index in [0.29, 0.717) is 31.5 Å². The van der Waals surface area contributed by atoms with Crippen molar-refractivity contribution in [2.45, 2.75) is 63.8 Å². The van der Waals surface area contributed by atoms with Crippen molar-refractivity contribution < 1.29 is 24.2 Å². The summed E-state index contributed by atoms with van der Waals surface area (Å²) in [6, 6.07) is 15.1. The van der Waals surface area contributed by atoms with Crippen LogP contribution in [0.25, 0.3) is 11.0 Å². The number of aromatic nitrogens is 3. The van der Waals surface area contributed by atoms with Gasteiger partial charge in [-0.2, -0.15) is 0 Å². The number of carboxylic acid groups (broad SMARTS) is 1. The van der Waals surface area contributed by atoms with Crippen molar-refractivity contribution in [3.05, 3.63) is 75.4 Å². The maximum absolute atomic E-state index is 12.3. The third-order valence-electron chi connectivity index (χ3n) is 8.58. The lowest BCUT2D eigenvalue weighted by atomic mass is 9.93. The highest BCUT2D eigenvalue weighted by Crippen LogP contribution is 2.35. The maximum Gasteiger partial charge on any atom is 0.335 e. The van der Waals surface area contributed by atoms with Crippen molar-refractivity contribution in [1.29, 1.82) is 0 Å². The molecule has 10 heteroatoms. The molecule has 0 radical (unpaired) electrons. The molecule has 1 aromatic carbocycles. The number of carboxylic acids is 1. The second-order valence-corrected chi connectivity index (χ2v) is 12.7. The van der Waals surface area contributed by atoms with E-state index in [9.17, 15) is 14.7 Å². The number of carbonyl (C=O) groups is 2. The molecule has 0 spiro atoms. The molecule has 2 aliphatic heterocycles. The number of piperidine rings is 1. The van der Waals surface area contributed by atoms with Crippen LogP contribution in [0.4, 0.5) is 0 Å². The molecule has 2 saturated heterocycles. The molecule has 0 bridgehead atoms. The predicted octanol–water partition coefficient (Wildman–Crippen LogP) is 5.53. The second kappa shape index (κ2) is 11.6. The minimum Gasteiger partial charge on any atom is -0.478 e. The van der Waals surface area contributed by atoms with Gasteiger partial charge in [-0.25, -0.2) is 14.8 Å². The average Bonchev–Trinajstić information content (AvgIpc) is 3.63. The van der Waals surface area contributed by atoms with Crippen LogP contribution in [0.15, 0.2) is 48.5 Å². The first-order valence-corrected chi connectivity index (χ1v) is 15.6. The molecular formula is C32H34N4O5S. The first-order valence-electron chi connectivity index (χ1n) is 14.8. The molecule has 1 saturated carbocycles. The van der Waals surface area contributed by atoms with Gasteiger partial charge in [0.05, 0.1) is 40.7 Å². The summed E-state index contributed by atoms with van der Waals surface area (Å²) in [6.45, 7) is 4.43. The zero-order chi connectivity index (χ0) is 28.6. The van der Waals surface area contributed by atoms with E-state index < -0.39 is 5.97 Å². The summed E-state index contributed by atoms with van der Waals surface area (Å²) in [5.41, 5.74) is 3.00. The molecule has 9 nitrogen and oxygen atoms in total. The highest BCUT2D eigenvalue weighted by molar-refractivity contribution is 7.14. The van der Waals surface area contributed by atoms with Crippen LogP contribution >= 0.6 is 11.3 Å². The van der Waals surface area contributed by atoms with Crippen molar-refractivity contribution in [3.63, 3.8) is 0 Å². The van der Waals surface area contributed by atoms with Gasteiger partial charge in [-0.3, -0.25) is 9.69 Å². The minimum atomic E-state index is -0.933. The number of fused-ring (bicyclic) bond motifs is 1.